The third-order valence-corrected chi connectivity index (χ3v) is 2.97. The highest BCUT2D eigenvalue weighted by Gasteiger charge is 2.20. The molecule has 4 heteroatoms. The molecule has 0 radical (unpaired) electrons. The van der Waals surface area contributed by atoms with Crippen LogP contribution in [-0.4, -0.2) is 35.2 Å². The lowest BCUT2D eigenvalue weighted by molar-refractivity contribution is 0.0528. The number of nitrogens with zero attached hydrogens (tertiary/aromatic N) is 1. The molecule has 106 valence electrons. The summed E-state index contributed by atoms with van der Waals surface area (Å²) in [5.74, 6) is 0. The van der Waals surface area contributed by atoms with E-state index in [0.717, 1.165) is 11.1 Å². The summed E-state index contributed by atoms with van der Waals surface area (Å²) in [5.41, 5.74) is 1.37. The number of benzene rings is 1. The summed E-state index contributed by atoms with van der Waals surface area (Å²) < 4.78 is 0. The van der Waals surface area contributed by atoms with Gasteiger partial charge < -0.3 is 15.3 Å². The predicted molar refractivity (Wildman–Crippen MR) is 77.1 cm³/mol. The maximum absolute atomic E-state index is 12.0. The Balaban J connectivity index is 2.65. The molecular formula is C15H24N2O2. The van der Waals surface area contributed by atoms with Gasteiger partial charge in [0.25, 0.3) is 0 Å². The van der Waals surface area contributed by atoms with Crippen molar-refractivity contribution >= 4 is 6.03 Å². The van der Waals surface area contributed by atoms with Crippen LogP contribution in [0.2, 0.25) is 0 Å². The molecular weight excluding hydrogens is 240 g/mol. The Morgan fingerprint density at radius 1 is 1.42 bits per heavy atom. The Morgan fingerprint density at radius 2 is 2.00 bits per heavy atom. The Hall–Kier alpha value is -1.55. The molecule has 0 saturated carbocycles. The van der Waals surface area contributed by atoms with Gasteiger partial charge in [-0.15, -0.1) is 0 Å². The molecule has 0 fully saturated rings. The summed E-state index contributed by atoms with van der Waals surface area (Å²) in [6.45, 7) is 7.64. The fourth-order valence-corrected chi connectivity index (χ4v) is 2.10. The minimum absolute atomic E-state index is 0.0574. The highest BCUT2D eigenvalue weighted by Crippen LogP contribution is 2.17. The van der Waals surface area contributed by atoms with E-state index in [0.29, 0.717) is 6.54 Å². The number of urea groups is 1. The van der Waals surface area contributed by atoms with Gasteiger partial charge >= 0.3 is 6.03 Å². The molecule has 1 aromatic carbocycles. The molecule has 19 heavy (non-hydrogen) atoms. The van der Waals surface area contributed by atoms with Crippen LogP contribution in [0.15, 0.2) is 24.3 Å². The van der Waals surface area contributed by atoms with E-state index < -0.39 is 5.60 Å². The molecule has 0 aliphatic heterocycles. The summed E-state index contributed by atoms with van der Waals surface area (Å²) in [4.78, 5) is 13.5. The van der Waals surface area contributed by atoms with Crippen LogP contribution in [-0.2, 0) is 0 Å². The molecule has 4 nitrogen and oxygen atoms in total. The second-order valence-corrected chi connectivity index (χ2v) is 5.70. The molecule has 0 heterocycles. The number of carbonyl (C=O) groups is 1. The van der Waals surface area contributed by atoms with Crippen LogP contribution in [0.1, 0.15) is 37.9 Å². The van der Waals surface area contributed by atoms with E-state index >= 15 is 0 Å². The normalized spacial score (nSPS) is 12.9. The van der Waals surface area contributed by atoms with Crippen molar-refractivity contribution in [3.8, 4) is 0 Å². The van der Waals surface area contributed by atoms with Crippen molar-refractivity contribution in [2.24, 2.45) is 0 Å². The van der Waals surface area contributed by atoms with Crippen molar-refractivity contribution < 1.29 is 9.90 Å². The maximum Gasteiger partial charge on any atom is 0.317 e. The molecule has 2 N–H and O–H groups in total. The standard InChI is InChI=1S/C15H24N2O2/c1-11-8-6-7-9-13(11)12(2)16-14(18)17(5)10-15(3,4)19/h6-9,12,19H,10H2,1-5H3,(H,16,18). The Labute approximate surface area is 115 Å². The lowest BCUT2D eigenvalue weighted by Gasteiger charge is -2.27. The molecule has 0 bridgehead atoms. The van der Waals surface area contributed by atoms with Crippen LogP contribution in [0.4, 0.5) is 4.79 Å². The minimum Gasteiger partial charge on any atom is -0.389 e. The topological polar surface area (TPSA) is 52.6 Å². The molecule has 1 atom stereocenters. The molecule has 1 rings (SSSR count). The zero-order chi connectivity index (χ0) is 14.6. The van der Waals surface area contributed by atoms with Crippen LogP contribution < -0.4 is 5.32 Å². The summed E-state index contributed by atoms with van der Waals surface area (Å²) >= 11 is 0. The van der Waals surface area contributed by atoms with Crippen molar-refractivity contribution in [2.75, 3.05) is 13.6 Å². The first-order valence-electron chi connectivity index (χ1n) is 6.50. The number of aryl methyl sites for hydroxylation is 1. The molecule has 1 unspecified atom stereocenters. The van der Waals surface area contributed by atoms with E-state index in [4.69, 9.17) is 0 Å². The molecule has 0 aliphatic carbocycles. The van der Waals surface area contributed by atoms with Crippen molar-refractivity contribution in [1.82, 2.24) is 10.2 Å². The summed E-state index contributed by atoms with van der Waals surface area (Å²) in [6.07, 6.45) is 0. The molecule has 0 spiro atoms. The van der Waals surface area contributed by atoms with Crippen LogP contribution in [0, 0.1) is 6.92 Å². The van der Waals surface area contributed by atoms with Crippen LogP contribution in [0.25, 0.3) is 0 Å². The van der Waals surface area contributed by atoms with Gasteiger partial charge in [0, 0.05) is 7.05 Å². The van der Waals surface area contributed by atoms with E-state index in [1.807, 2.05) is 38.1 Å². The zero-order valence-electron chi connectivity index (χ0n) is 12.4. The summed E-state index contributed by atoms with van der Waals surface area (Å²) in [7, 11) is 1.68. The minimum atomic E-state index is -0.891. The molecule has 2 amide bonds. The van der Waals surface area contributed by atoms with Crippen LogP contribution in [0.5, 0.6) is 0 Å². The Morgan fingerprint density at radius 3 is 2.53 bits per heavy atom. The van der Waals surface area contributed by atoms with Gasteiger partial charge in [0.2, 0.25) is 0 Å². The predicted octanol–water partition coefficient (Wildman–Crippen LogP) is 2.47. The van der Waals surface area contributed by atoms with Crippen molar-refractivity contribution in [1.29, 1.82) is 0 Å². The van der Waals surface area contributed by atoms with Gasteiger partial charge in [0.1, 0.15) is 0 Å². The van der Waals surface area contributed by atoms with Gasteiger partial charge in [-0.1, -0.05) is 24.3 Å². The monoisotopic (exact) mass is 264 g/mol. The molecule has 0 aromatic heterocycles. The number of rotatable bonds is 4. The van der Waals surface area contributed by atoms with E-state index in [1.54, 1.807) is 20.9 Å². The average molecular weight is 264 g/mol. The van der Waals surface area contributed by atoms with Gasteiger partial charge in [-0.05, 0) is 38.8 Å². The quantitative estimate of drug-likeness (QED) is 0.877. The third kappa shape index (κ3) is 4.91. The van der Waals surface area contributed by atoms with Gasteiger partial charge in [-0.2, -0.15) is 0 Å². The second-order valence-electron chi connectivity index (χ2n) is 5.70. The number of hydrogen-bond donors (Lipinski definition) is 2. The van der Waals surface area contributed by atoms with Gasteiger partial charge in [0.05, 0.1) is 18.2 Å². The second kappa shape index (κ2) is 6.06. The lowest BCUT2D eigenvalue weighted by Crippen LogP contribution is -2.45. The fraction of sp³-hybridized carbons (Fsp3) is 0.533. The number of amides is 2. The lowest BCUT2D eigenvalue weighted by atomic mass is 10.0. The molecule has 0 aliphatic rings. The smallest absolute Gasteiger partial charge is 0.317 e. The van der Waals surface area contributed by atoms with E-state index in [-0.39, 0.29) is 12.1 Å². The van der Waals surface area contributed by atoms with Gasteiger partial charge in [-0.25, -0.2) is 4.79 Å². The van der Waals surface area contributed by atoms with E-state index in [1.165, 1.54) is 4.90 Å². The number of carbonyl (C=O) groups excluding carboxylic acids is 1. The largest absolute Gasteiger partial charge is 0.389 e. The molecule has 1 aromatic rings. The maximum atomic E-state index is 12.0. The Bertz CT molecular complexity index is 438. The van der Waals surface area contributed by atoms with E-state index in [9.17, 15) is 9.90 Å². The average Bonchev–Trinajstić information content (AvgIpc) is 2.27. The number of aliphatic hydroxyl groups is 1. The third-order valence-electron chi connectivity index (χ3n) is 2.97. The van der Waals surface area contributed by atoms with Crippen LogP contribution in [0.3, 0.4) is 0 Å². The number of likely N-dealkylation sites (N-methyl/N-ethyl adjacent to an activating group) is 1. The van der Waals surface area contributed by atoms with Crippen LogP contribution >= 0.6 is 0 Å². The summed E-state index contributed by atoms with van der Waals surface area (Å²) in [6, 6.07) is 7.74. The fourth-order valence-electron chi connectivity index (χ4n) is 2.10. The van der Waals surface area contributed by atoms with Crippen molar-refractivity contribution in [3.63, 3.8) is 0 Å². The first kappa shape index (κ1) is 15.5. The Kier molecular flexibility index (Phi) is 4.95. The highest BCUT2D eigenvalue weighted by molar-refractivity contribution is 5.74. The van der Waals surface area contributed by atoms with Crippen molar-refractivity contribution in [3.05, 3.63) is 35.4 Å². The van der Waals surface area contributed by atoms with Gasteiger partial charge in [0.15, 0.2) is 0 Å². The highest BCUT2D eigenvalue weighted by atomic mass is 16.3. The first-order valence-corrected chi connectivity index (χ1v) is 6.50. The first-order chi connectivity index (χ1) is 8.70. The zero-order valence-corrected chi connectivity index (χ0v) is 12.4. The SMILES string of the molecule is Cc1ccccc1C(C)NC(=O)N(C)CC(C)(C)O. The van der Waals surface area contributed by atoms with E-state index in [2.05, 4.69) is 5.32 Å². The number of nitrogens with one attached hydrogen (secondary N) is 1. The molecule has 0 saturated heterocycles. The van der Waals surface area contributed by atoms with Gasteiger partial charge in [-0.3, -0.25) is 0 Å². The van der Waals surface area contributed by atoms with Crippen molar-refractivity contribution in [2.45, 2.75) is 39.3 Å². The summed E-state index contributed by atoms with van der Waals surface area (Å²) in [5, 5.41) is 12.6. The number of hydrogen-bond acceptors (Lipinski definition) is 2.